The molecule has 2 amide bonds. The number of amides is 2. The Balaban J connectivity index is 0.982. The van der Waals surface area contributed by atoms with Crippen LogP contribution in [0.1, 0.15) is 135 Å². The van der Waals surface area contributed by atoms with E-state index < -0.39 is 21.5 Å². The van der Waals surface area contributed by atoms with Gasteiger partial charge in [0.05, 0.1) is 12.2 Å². The zero-order valence-electron chi connectivity index (χ0n) is 34.8. The molecule has 4 heterocycles. The van der Waals surface area contributed by atoms with Crippen LogP contribution in [0.5, 0.6) is 5.88 Å². The molecule has 2 N–H and O–H groups in total. The van der Waals surface area contributed by atoms with Crippen molar-refractivity contribution in [3.8, 4) is 11.7 Å². The number of anilines is 1. The first-order valence-electron chi connectivity index (χ1n) is 21.2. The Kier molecular flexibility index (Phi) is 14.3. The van der Waals surface area contributed by atoms with E-state index in [1.54, 1.807) is 30.5 Å². The molecule has 3 aromatic rings. The second-order valence-electron chi connectivity index (χ2n) is 18.0. The van der Waals surface area contributed by atoms with E-state index >= 15 is 0 Å². The zero-order chi connectivity index (χ0) is 41.5. The maximum Gasteiger partial charge on any atom is 0.410 e. The summed E-state index contributed by atoms with van der Waals surface area (Å²) in [6.07, 6.45) is 18.4. The molecule has 3 fully saturated rings. The standard InChI is InChI=1S/C43H62ClN7O6S/c1-42(2,3)57-41(53)50-29-30(28-43(50,4)5)14-13-25-45-35-19-12-20-38(46-35)58(54,55)49-40(52)34-21-22-36(47-39(34)44)51-26-23-37(48-51)56-27-24-33(31-15-8-6-9-16-31)32-17-10-7-11-18-32/h12,19-23,26,30-33H,6-11,13-18,24-25,27-29H2,1-5H3,(H,45,46)(H,49,52)/t30-/m0/s1. The molecule has 15 heteroatoms. The van der Waals surface area contributed by atoms with Crippen LogP contribution in [0.15, 0.2) is 47.6 Å². The lowest BCUT2D eigenvalue weighted by Crippen LogP contribution is -2.45. The van der Waals surface area contributed by atoms with Crippen molar-refractivity contribution in [3.63, 3.8) is 0 Å². The third-order valence-corrected chi connectivity index (χ3v) is 13.5. The molecule has 1 aliphatic heterocycles. The van der Waals surface area contributed by atoms with Crippen molar-refractivity contribution in [2.45, 2.75) is 141 Å². The lowest BCUT2D eigenvalue weighted by Gasteiger charge is -2.38. The average Bonchev–Trinajstić information content (AvgIpc) is 3.78. The van der Waals surface area contributed by atoms with Gasteiger partial charge in [0.25, 0.3) is 15.9 Å². The molecule has 1 atom stereocenters. The van der Waals surface area contributed by atoms with Crippen molar-refractivity contribution in [1.82, 2.24) is 29.4 Å². The normalized spacial score (nSPS) is 19.3. The third kappa shape index (κ3) is 11.6. The van der Waals surface area contributed by atoms with E-state index in [0.717, 1.165) is 37.5 Å². The Labute approximate surface area is 349 Å². The van der Waals surface area contributed by atoms with E-state index in [4.69, 9.17) is 21.1 Å². The molecule has 3 aliphatic rings. The summed E-state index contributed by atoms with van der Waals surface area (Å²) in [4.78, 5) is 36.4. The molecule has 2 saturated carbocycles. The Bertz CT molecular complexity index is 1950. The SMILES string of the molecule is CC(C)(C)OC(=O)N1C[C@@H](CCCNc2cccc(S(=O)(=O)NC(=O)c3ccc(-n4ccc(OCCC(C5CCCCC5)C5CCCCC5)n4)nc3Cl)n2)CC1(C)C. The van der Waals surface area contributed by atoms with Crippen LogP contribution in [0.3, 0.4) is 0 Å². The zero-order valence-corrected chi connectivity index (χ0v) is 36.4. The third-order valence-electron chi connectivity index (χ3n) is 12.0. The second-order valence-corrected chi connectivity index (χ2v) is 20.0. The minimum absolute atomic E-state index is 0.108. The first-order chi connectivity index (χ1) is 27.6. The van der Waals surface area contributed by atoms with Gasteiger partial charge < -0.3 is 19.7 Å². The molecule has 0 spiro atoms. The highest BCUT2D eigenvalue weighted by atomic mass is 35.5. The number of rotatable bonds is 15. The predicted molar refractivity (Wildman–Crippen MR) is 225 cm³/mol. The van der Waals surface area contributed by atoms with E-state index in [2.05, 4.69) is 39.0 Å². The Morgan fingerprint density at radius 2 is 1.66 bits per heavy atom. The Morgan fingerprint density at radius 3 is 2.31 bits per heavy atom. The van der Waals surface area contributed by atoms with Crippen molar-refractivity contribution >= 4 is 39.4 Å². The molecule has 2 aliphatic carbocycles. The maximum absolute atomic E-state index is 13.3. The van der Waals surface area contributed by atoms with Crippen molar-refractivity contribution in [2.75, 3.05) is 25.0 Å². The molecule has 0 radical (unpaired) electrons. The van der Waals surface area contributed by atoms with E-state index in [1.165, 1.54) is 81.0 Å². The van der Waals surface area contributed by atoms with Gasteiger partial charge >= 0.3 is 6.09 Å². The summed E-state index contributed by atoms with van der Waals surface area (Å²) in [5, 5.41) is 7.24. The number of ether oxygens (including phenoxy) is 2. The summed E-state index contributed by atoms with van der Waals surface area (Å²) in [6, 6.07) is 9.30. The maximum atomic E-state index is 13.3. The molecule has 3 aromatic heterocycles. The van der Waals surface area contributed by atoms with Crippen LogP contribution >= 0.6 is 11.6 Å². The fourth-order valence-electron chi connectivity index (χ4n) is 9.23. The molecule has 0 aromatic carbocycles. The van der Waals surface area contributed by atoms with Crippen LogP contribution in [0.2, 0.25) is 5.15 Å². The second kappa shape index (κ2) is 19.0. The monoisotopic (exact) mass is 839 g/mol. The number of aromatic nitrogens is 4. The van der Waals surface area contributed by atoms with Gasteiger partial charge in [0.2, 0.25) is 5.88 Å². The predicted octanol–water partition coefficient (Wildman–Crippen LogP) is 9.21. The van der Waals surface area contributed by atoms with Crippen molar-refractivity contribution in [1.29, 1.82) is 0 Å². The molecule has 0 unspecified atom stereocenters. The lowest BCUT2D eigenvalue weighted by molar-refractivity contribution is 0.0130. The highest BCUT2D eigenvalue weighted by molar-refractivity contribution is 7.90. The van der Waals surface area contributed by atoms with Gasteiger partial charge in [-0.15, -0.1) is 5.10 Å². The quantitative estimate of drug-likeness (QED) is 0.112. The largest absolute Gasteiger partial charge is 0.477 e. The number of nitrogens with zero attached hydrogens (tertiary/aromatic N) is 5. The van der Waals surface area contributed by atoms with E-state index in [1.807, 2.05) is 25.7 Å². The first-order valence-corrected chi connectivity index (χ1v) is 23.1. The van der Waals surface area contributed by atoms with Gasteiger partial charge in [-0.3, -0.25) is 4.79 Å². The number of sulfonamides is 1. The van der Waals surface area contributed by atoms with E-state index in [0.29, 0.717) is 49.0 Å². The highest BCUT2D eigenvalue weighted by Crippen LogP contribution is 2.42. The number of carbonyl (C=O) groups is 2. The number of nitrogens with one attached hydrogen (secondary N) is 2. The summed E-state index contributed by atoms with van der Waals surface area (Å²) in [6.45, 7) is 11.5. The Hall–Kier alpha value is -3.91. The van der Waals surface area contributed by atoms with Crippen molar-refractivity contribution < 1.29 is 27.5 Å². The molecule has 318 valence electrons. The summed E-state index contributed by atoms with van der Waals surface area (Å²) in [7, 11) is -4.34. The van der Waals surface area contributed by atoms with Crippen molar-refractivity contribution in [2.24, 2.45) is 23.7 Å². The fraction of sp³-hybridized carbons (Fsp3) is 0.651. The number of likely N-dealkylation sites (tertiary alicyclic amines) is 1. The van der Waals surface area contributed by atoms with Gasteiger partial charge in [0.1, 0.15) is 16.6 Å². The van der Waals surface area contributed by atoms with E-state index in [9.17, 15) is 18.0 Å². The van der Waals surface area contributed by atoms with Gasteiger partial charge in [-0.05, 0) is 108 Å². The summed E-state index contributed by atoms with van der Waals surface area (Å²) in [5.41, 5.74) is -0.970. The van der Waals surface area contributed by atoms with E-state index in [-0.39, 0.29) is 27.4 Å². The molecule has 1 saturated heterocycles. The molecule has 13 nitrogen and oxygen atoms in total. The minimum Gasteiger partial charge on any atom is -0.477 e. The lowest BCUT2D eigenvalue weighted by atomic mass is 9.68. The molecular weight excluding hydrogens is 778 g/mol. The van der Waals surface area contributed by atoms with Crippen LogP contribution < -0.4 is 14.8 Å². The molecule has 0 bridgehead atoms. The van der Waals surface area contributed by atoms with Crippen LogP contribution in [-0.2, 0) is 14.8 Å². The highest BCUT2D eigenvalue weighted by Gasteiger charge is 2.42. The molecule has 58 heavy (non-hydrogen) atoms. The Morgan fingerprint density at radius 1 is 0.966 bits per heavy atom. The number of halogens is 1. The van der Waals surface area contributed by atoms with Gasteiger partial charge in [0.15, 0.2) is 10.8 Å². The fourth-order valence-corrected chi connectivity index (χ4v) is 10.4. The summed E-state index contributed by atoms with van der Waals surface area (Å²) in [5.74, 6) is 2.89. The van der Waals surface area contributed by atoms with Gasteiger partial charge in [-0.1, -0.05) is 81.9 Å². The topological polar surface area (TPSA) is 158 Å². The number of hydrogen-bond donors (Lipinski definition) is 2. The summed E-state index contributed by atoms with van der Waals surface area (Å²) < 4.78 is 41.9. The average molecular weight is 841 g/mol. The van der Waals surface area contributed by atoms with Crippen LogP contribution in [0.4, 0.5) is 10.6 Å². The first kappa shape index (κ1) is 43.7. The van der Waals surface area contributed by atoms with Gasteiger partial charge in [-0.25, -0.2) is 24.2 Å². The number of hydrogen-bond acceptors (Lipinski definition) is 10. The van der Waals surface area contributed by atoms with Crippen LogP contribution in [0.25, 0.3) is 5.82 Å². The number of carbonyl (C=O) groups excluding carboxylic acids is 2. The van der Waals surface area contributed by atoms with Crippen LogP contribution in [0, 0.1) is 23.7 Å². The van der Waals surface area contributed by atoms with Gasteiger partial charge in [-0.2, -0.15) is 8.42 Å². The molecular formula is C43H62ClN7O6S. The smallest absolute Gasteiger partial charge is 0.410 e. The summed E-state index contributed by atoms with van der Waals surface area (Å²) >= 11 is 6.44. The minimum atomic E-state index is -4.34. The number of pyridine rings is 2. The van der Waals surface area contributed by atoms with Crippen molar-refractivity contribution in [3.05, 3.63) is 53.3 Å². The molecule has 6 rings (SSSR count). The van der Waals surface area contributed by atoms with Crippen LogP contribution in [-0.4, -0.2) is 75.9 Å². The van der Waals surface area contributed by atoms with Gasteiger partial charge in [0, 0.05) is 30.9 Å².